The van der Waals surface area contributed by atoms with Crippen molar-refractivity contribution in [3.8, 4) is 0 Å². The predicted molar refractivity (Wildman–Crippen MR) is 74.3 cm³/mol. The fourth-order valence-corrected chi connectivity index (χ4v) is 5.86. The number of carbonyl (C=O) groups excluding carboxylic acids is 2. The summed E-state index contributed by atoms with van der Waals surface area (Å²) in [5, 5.41) is -0.373. The minimum atomic E-state index is -3.15. The average molecular weight is 330 g/mol. The van der Waals surface area contributed by atoms with Crippen LogP contribution in [0, 0.1) is 11.8 Å². The Morgan fingerprint density at radius 1 is 1.36 bits per heavy atom. The van der Waals surface area contributed by atoms with E-state index in [1.807, 2.05) is 6.92 Å². The third-order valence-corrected chi connectivity index (χ3v) is 7.01. The molecule has 0 aromatic rings. The van der Waals surface area contributed by atoms with Crippen molar-refractivity contribution in [2.75, 3.05) is 6.61 Å². The van der Waals surface area contributed by atoms with Crippen LogP contribution in [0.2, 0.25) is 0 Å². The van der Waals surface area contributed by atoms with Gasteiger partial charge in [0.05, 0.1) is 5.25 Å². The quantitative estimate of drug-likeness (QED) is 0.536. The number of esters is 2. The van der Waals surface area contributed by atoms with Crippen molar-refractivity contribution in [1.82, 2.24) is 0 Å². The van der Waals surface area contributed by atoms with Gasteiger partial charge in [0.25, 0.3) is 0 Å². The van der Waals surface area contributed by atoms with Gasteiger partial charge in [-0.1, -0.05) is 13.5 Å². The first-order chi connectivity index (χ1) is 10.2. The minimum absolute atomic E-state index is 0.0723. The highest BCUT2D eigenvalue weighted by Gasteiger charge is 2.72. The zero-order chi connectivity index (χ0) is 16.2. The second-order valence-corrected chi connectivity index (χ2v) is 8.45. The molecule has 3 aliphatic rings. The van der Waals surface area contributed by atoms with Crippen molar-refractivity contribution in [2.45, 2.75) is 43.2 Å². The van der Waals surface area contributed by atoms with Gasteiger partial charge in [-0.3, -0.25) is 0 Å². The Morgan fingerprint density at radius 2 is 2.05 bits per heavy atom. The van der Waals surface area contributed by atoms with E-state index in [2.05, 4.69) is 6.58 Å². The maximum absolute atomic E-state index is 11.8. The molecule has 7 nitrogen and oxygen atoms in total. The Kier molecular flexibility index (Phi) is 3.56. The molecular weight excluding hydrogens is 312 g/mol. The van der Waals surface area contributed by atoms with Gasteiger partial charge < -0.3 is 14.2 Å². The van der Waals surface area contributed by atoms with Gasteiger partial charge >= 0.3 is 11.9 Å². The van der Waals surface area contributed by atoms with Crippen molar-refractivity contribution >= 4 is 21.8 Å². The topological polar surface area (TPSA) is 96.0 Å². The van der Waals surface area contributed by atoms with E-state index < -0.39 is 39.9 Å². The maximum atomic E-state index is 11.8. The number of hydrogen-bond acceptors (Lipinski definition) is 7. The molecule has 1 aliphatic carbocycles. The first-order valence-electron chi connectivity index (χ1n) is 7.13. The molecule has 2 aliphatic heterocycles. The molecule has 0 aromatic heterocycles. The number of ether oxygens (including phenoxy) is 3. The Morgan fingerprint density at radius 3 is 2.68 bits per heavy atom. The zero-order valence-electron chi connectivity index (χ0n) is 12.4. The molecule has 0 radical (unpaired) electrons. The normalized spacial score (nSPS) is 40.5. The smallest absolute Gasteiger partial charge is 0.344 e. The summed E-state index contributed by atoms with van der Waals surface area (Å²) in [6.45, 7) is 6.24. The molecule has 0 amide bonds. The highest BCUT2D eigenvalue weighted by molar-refractivity contribution is 7.94. The second kappa shape index (κ2) is 5.06. The molecule has 0 spiro atoms. The summed E-state index contributed by atoms with van der Waals surface area (Å²) in [7, 11) is -3.15. The lowest BCUT2D eigenvalue weighted by Gasteiger charge is -2.62. The maximum Gasteiger partial charge on any atom is 0.344 e. The van der Waals surface area contributed by atoms with Gasteiger partial charge in [0.15, 0.2) is 21.9 Å². The van der Waals surface area contributed by atoms with Crippen LogP contribution in [0.4, 0.5) is 0 Å². The van der Waals surface area contributed by atoms with E-state index in [0.29, 0.717) is 6.42 Å². The molecule has 3 rings (SSSR count). The molecule has 1 saturated carbocycles. The Hall–Kier alpha value is -1.41. The second-order valence-electron chi connectivity index (χ2n) is 6.20. The largest absolute Gasteiger partial charge is 0.457 e. The van der Waals surface area contributed by atoms with Gasteiger partial charge in [-0.25, -0.2) is 18.0 Å². The standard InChI is InChI=1S/C14H18O7S/c1-6(2)13(16)19-5-9(15)20-11-7(3)4-8-10-12(11)21-14(10)22(8,17)18/h7-8,10-12,14H,1,4-5H2,2-3H3. The van der Waals surface area contributed by atoms with Crippen LogP contribution < -0.4 is 0 Å². The van der Waals surface area contributed by atoms with Crippen LogP contribution in [0.5, 0.6) is 0 Å². The van der Waals surface area contributed by atoms with Crippen molar-refractivity contribution < 1.29 is 32.2 Å². The van der Waals surface area contributed by atoms with Gasteiger partial charge in [-0.15, -0.1) is 0 Å². The van der Waals surface area contributed by atoms with Crippen molar-refractivity contribution in [3.63, 3.8) is 0 Å². The molecule has 6 atom stereocenters. The number of carbonyl (C=O) groups is 2. The molecule has 6 unspecified atom stereocenters. The molecule has 0 N–H and O–H groups in total. The Balaban J connectivity index is 1.57. The molecule has 2 saturated heterocycles. The summed E-state index contributed by atoms with van der Waals surface area (Å²) < 4.78 is 39.1. The molecule has 122 valence electrons. The first-order valence-corrected chi connectivity index (χ1v) is 8.74. The lowest BCUT2D eigenvalue weighted by molar-refractivity contribution is -0.243. The van der Waals surface area contributed by atoms with E-state index in [4.69, 9.17) is 14.2 Å². The highest BCUT2D eigenvalue weighted by Crippen LogP contribution is 2.56. The first kappa shape index (κ1) is 15.5. The van der Waals surface area contributed by atoms with E-state index in [1.165, 1.54) is 6.92 Å². The lowest BCUT2D eigenvalue weighted by atomic mass is 9.74. The SMILES string of the molecule is C=C(C)C(=O)OCC(=O)OC1C(C)CC2C3C1OC3S2(=O)=O. The monoisotopic (exact) mass is 330 g/mol. The Bertz CT molecular complexity index is 638. The van der Waals surface area contributed by atoms with Crippen LogP contribution >= 0.6 is 0 Å². The van der Waals surface area contributed by atoms with Crippen LogP contribution in [-0.2, 0) is 33.6 Å². The van der Waals surface area contributed by atoms with E-state index in [1.54, 1.807) is 0 Å². The summed E-state index contributed by atoms with van der Waals surface area (Å²) in [6.07, 6.45) is -0.403. The summed E-state index contributed by atoms with van der Waals surface area (Å²) in [6, 6.07) is 0. The van der Waals surface area contributed by atoms with E-state index in [0.717, 1.165) is 0 Å². The van der Waals surface area contributed by atoms with Crippen LogP contribution in [0.15, 0.2) is 12.2 Å². The average Bonchev–Trinajstić information content (AvgIpc) is 2.40. The molecule has 3 fully saturated rings. The summed E-state index contributed by atoms with van der Waals surface area (Å²) >= 11 is 0. The fourth-order valence-electron chi connectivity index (χ4n) is 3.42. The zero-order valence-corrected chi connectivity index (χ0v) is 13.2. The van der Waals surface area contributed by atoms with Gasteiger partial charge in [-0.05, 0) is 19.3 Å². The van der Waals surface area contributed by atoms with Crippen LogP contribution in [0.3, 0.4) is 0 Å². The van der Waals surface area contributed by atoms with Crippen molar-refractivity contribution in [1.29, 1.82) is 0 Å². The van der Waals surface area contributed by atoms with E-state index in [9.17, 15) is 18.0 Å². The molecule has 2 heterocycles. The molecule has 0 bridgehead atoms. The van der Waals surface area contributed by atoms with E-state index >= 15 is 0 Å². The summed E-state index contributed by atoms with van der Waals surface area (Å²) in [4.78, 5) is 23.0. The molecular formula is C14H18O7S. The molecule has 0 aromatic carbocycles. The van der Waals surface area contributed by atoms with Crippen LogP contribution in [0.1, 0.15) is 20.3 Å². The van der Waals surface area contributed by atoms with Gasteiger partial charge in [0.1, 0.15) is 12.2 Å². The van der Waals surface area contributed by atoms with Crippen LogP contribution in [0.25, 0.3) is 0 Å². The van der Waals surface area contributed by atoms with Crippen molar-refractivity contribution in [3.05, 3.63) is 12.2 Å². The van der Waals surface area contributed by atoms with Crippen molar-refractivity contribution in [2.24, 2.45) is 11.8 Å². The summed E-state index contributed by atoms with van der Waals surface area (Å²) in [5.41, 5.74) is -0.524. The highest BCUT2D eigenvalue weighted by atomic mass is 32.2. The Labute approximate surface area is 128 Å². The predicted octanol–water partition coefficient (Wildman–Crippen LogP) is 0.195. The van der Waals surface area contributed by atoms with E-state index in [-0.39, 0.29) is 28.8 Å². The van der Waals surface area contributed by atoms with Gasteiger partial charge in [0.2, 0.25) is 0 Å². The van der Waals surface area contributed by atoms with Gasteiger partial charge in [-0.2, -0.15) is 0 Å². The van der Waals surface area contributed by atoms with Gasteiger partial charge in [0, 0.05) is 11.5 Å². The minimum Gasteiger partial charge on any atom is -0.457 e. The molecule has 8 heteroatoms. The van der Waals surface area contributed by atoms with Crippen LogP contribution in [-0.4, -0.2) is 49.9 Å². The lowest BCUT2D eigenvalue weighted by Crippen LogP contribution is -2.77. The number of rotatable bonds is 4. The summed E-state index contributed by atoms with van der Waals surface area (Å²) in [5.74, 6) is -1.52. The third kappa shape index (κ3) is 2.16. The molecule has 22 heavy (non-hydrogen) atoms. The number of sulfone groups is 1. The third-order valence-electron chi connectivity index (χ3n) is 4.59. The fraction of sp³-hybridized carbons (Fsp3) is 0.714. The number of hydrogen-bond donors (Lipinski definition) is 0.